The second kappa shape index (κ2) is 3.93. The number of anilines is 1. The Kier molecular flexibility index (Phi) is 2.64. The minimum Gasteiger partial charge on any atom is -0.296 e. The second-order valence-electron chi connectivity index (χ2n) is 2.86. The highest BCUT2D eigenvalue weighted by atomic mass is 32.2. The van der Waals surface area contributed by atoms with Crippen LogP contribution in [0.4, 0.5) is 5.95 Å². The topological polar surface area (TPSA) is 84.7 Å². The van der Waals surface area contributed by atoms with Gasteiger partial charge in [0.25, 0.3) is 5.95 Å². The van der Waals surface area contributed by atoms with Crippen LogP contribution < -0.4 is 10.6 Å². The molecule has 0 aliphatic carbocycles. The highest BCUT2D eigenvalue weighted by molar-refractivity contribution is 7.99. The lowest BCUT2D eigenvalue weighted by Gasteiger charge is -2.06. The summed E-state index contributed by atoms with van der Waals surface area (Å²) in [7, 11) is 1.65. The zero-order chi connectivity index (χ0) is 9.97. The molecule has 8 heteroatoms. The molecule has 2 rings (SSSR count). The Bertz CT molecular complexity index is 333. The monoisotopic (exact) mass is 214 g/mol. The molecule has 14 heavy (non-hydrogen) atoms. The van der Waals surface area contributed by atoms with Gasteiger partial charge < -0.3 is 0 Å². The largest absolute Gasteiger partial charge is 0.296 e. The van der Waals surface area contributed by atoms with Gasteiger partial charge in [-0.05, 0) is 5.21 Å². The molecule has 2 heterocycles. The molecule has 1 atom stereocenters. The lowest BCUT2D eigenvalue weighted by atomic mass is 10.3. The average Bonchev–Trinajstić information content (AvgIpc) is 2.75. The summed E-state index contributed by atoms with van der Waals surface area (Å²) in [6.07, 6.45) is 0. The van der Waals surface area contributed by atoms with Gasteiger partial charge in [-0.15, -0.1) is 16.9 Å². The first kappa shape index (κ1) is 9.41. The molecule has 1 unspecified atom stereocenters. The summed E-state index contributed by atoms with van der Waals surface area (Å²) in [5.74, 6) is 1.73. The Morgan fingerprint density at radius 2 is 2.64 bits per heavy atom. The molecule has 2 N–H and O–H groups in total. The van der Waals surface area contributed by atoms with Crippen LogP contribution in [-0.2, 0) is 11.8 Å². The number of thioether (sulfide) groups is 1. The van der Waals surface area contributed by atoms with Crippen molar-refractivity contribution in [3.05, 3.63) is 0 Å². The number of carbonyl (C=O) groups excluding carboxylic acids is 1. The van der Waals surface area contributed by atoms with Crippen molar-refractivity contribution in [3.63, 3.8) is 0 Å². The quantitative estimate of drug-likeness (QED) is 0.644. The van der Waals surface area contributed by atoms with E-state index in [2.05, 4.69) is 26.0 Å². The van der Waals surface area contributed by atoms with E-state index in [0.29, 0.717) is 0 Å². The maximum absolute atomic E-state index is 11.5. The van der Waals surface area contributed by atoms with Crippen molar-refractivity contribution in [2.45, 2.75) is 6.04 Å². The molecule has 0 saturated carbocycles. The molecule has 0 aromatic carbocycles. The molecule has 0 spiro atoms. The van der Waals surface area contributed by atoms with Gasteiger partial charge in [-0.3, -0.25) is 15.4 Å². The zero-order valence-electron chi connectivity index (χ0n) is 7.60. The summed E-state index contributed by atoms with van der Waals surface area (Å²) in [6, 6.07) is -0.149. The van der Waals surface area contributed by atoms with Crippen molar-refractivity contribution in [3.8, 4) is 0 Å². The van der Waals surface area contributed by atoms with Crippen LogP contribution in [0.2, 0.25) is 0 Å². The highest BCUT2D eigenvalue weighted by Crippen LogP contribution is 2.10. The molecule has 1 saturated heterocycles. The number of rotatable bonds is 2. The average molecular weight is 214 g/mol. The summed E-state index contributed by atoms with van der Waals surface area (Å²) in [5, 5.41) is 16.8. The van der Waals surface area contributed by atoms with E-state index < -0.39 is 0 Å². The summed E-state index contributed by atoms with van der Waals surface area (Å²) in [6.45, 7) is 0. The van der Waals surface area contributed by atoms with E-state index >= 15 is 0 Å². The van der Waals surface area contributed by atoms with Gasteiger partial charge in [-0.25, -0.2) is 0 Å². The van der Waals surface area contributed by atoms with Crippen molar-refractivity contribution in [1.82, 2.24) is 25.5 Å². The van der Waals surface area contributed by atoms with Crippen molar-refractivity contribution in [1.29, 1.82) is 0 Å². The van der Waals surface area contributed by atoms with Crippen LogP contribution in [0.3, 0.4) is 0 Å². The smallest absolute Gasteiger partial charge is 0.270 e. The highest BCUT2D eigenvalue weighted by Gasteiger charge is 2.23. The third-order valence-corrected chi connectivity index (χ3v) is 2.72. The van der Waals surface area contributed by atoms with E-state index in [0.717, 1.165) is 11.6 Å². The Balaban J connectivity index is 1.93. The number of aromatic nitrogens is 4. The molecule has 76 valence electrons. The van der Waals surface area contributed by atoms with Crippen LogP contribution in [0, 0.1) is 0 Å². The molecule has 1 aliphatic heterocycles. The number of nitrogens with one attached hydrogen (secondary N) is 2. The van der Waals surface area contributed by atoms with Gasteiger partial charge in [0.05, 0.1) is 13.1 Å². The van der Waals surface area contributed by atoms with Crippen LogP contribution in [0.15, 0.2) is 0 Å². The van der Waals surface area contributed by atoms with E-state index in [1.165, 1.54) is 4.80 Å². The minimum absolute atomic E-state index is 0.108. The Morgan fingerprint density at radius 1 is 1.79 bits per heavy atom. The molecule has 1 amide bonds. The predicted molar refractivity (Wildman–Crippen MR) is 51.7 cm³/mol. The Morgan fingerprint density at radius 3 is 3.21 bits per heavy atom. The minimum atomic E-state index is -0.149. The fraction of sp³-hybridized carbons (Fsp3) is 0.667. The molecule has 1 aliphatic rings. The Labute approximate surface area is 84.6 Å². The Hall–Kier alpha value is -1.15. The number of hydrogen-bond acceptors (Lipinski definition) is 6. The fourth-order valence-electron chi connectivity index (χ4n) is 1.10. The number of nitrogens with zero attached hydrogens (tertiary/aromatic N) is 4. The molecule has 0 radical (unpaired) electrons. The van der Waals surface area contributed by atoms with Crippen LogP contribution in [-0.4, -0.2) is 43.8 Å². The molecule has 1 fully saturated rings. The molecule has 1 aromatic rings. The van der Waals surface area contributed by atoms with Gasteiger partial charge in [-0.1, -0.05) is 5.10 Å². The molecule has 1 aromatic heterocycles. The maximum atomic E-state index is 11.5. The third-order valence-electron chi connectivity index (χ3n) is 1.78. The predicted octanol–water partition coefficient (Wildman–Crippen LogP) is -1.19. The van der Waals surface area contributed by atoms with Gasteiger partial charge in [-0.2, -0.15) is 4.80 Å². The maximum Gasteiger partial charge on any atom is 0.270 e. The second-order valence-corrected chi connectivity index (χ2v) is 3.89. The molecule has 0 bridgehead atoms. The van der Waals surface area contributed by atoms with Gasteiger partial charge in [0.15, 0.2) is 0 Å². The number of amides is 1. The first-order valence-electron chi connectivity index (χ1n) is 4.12. The lowest BCUT2D eigenvalue weighted by Crippen LogP contribution is -2.37. The van der Waals surface area contributed by atoms with Gasteiger partial charge in [0.2, 0.25) is 5.91 Å². The normalized spacial score (nSPS) is 21.1. The summed E-state index contributed by atoms with van der Waals surface area (Å²) in [4.78, 5) is 12.8. The van der Waals surface area contributed by atoms with E-state index in [9.17, 15) is 4.79 Å². The first-order chi connectivity index (χ1) is 6.75. The first-order valence-corrected chi connectivity index (χ1v) is 5.27. The van der Waals surface area contributed by atoms with Gasteiger partial charge >= 0.3 is 0 Å². The fourth-order valence-corrected chi connectivity index (χ4v) is 2.04. The van der Waals surface area contributed by atoms with Crippen LogP contribution >= 0.6 is 11.8 Å². The van der Waals surface area contributed by atoms with Crippen LogP contribution in [0.1, 0.15) is 0 Å². The van der Waals surface area contributed by atoms with Gasteiger partial charge in [0, 0.05) is 11.6 Å². The van der Waals surface area contributed by atoms with Crippen LogP contribution in [0.25, 0.3) is 0 Å². The van der Waals surface area contributed by atoms with Crippen molar-refractivity contribution in [2.24, 2.45) is 7.05 Å². The number of aryl methyl sites for hydroxylation is 1. The molecule has 7 nitrogen and oxygen atoms in total. The summed E-state index contributed by atoms with van der Waals surface area (Å²) < 4.78 is 0. The number of hydrogen-bond donors (Lipinski definition) is 2. The lowest BCUT2D eigenvalue weighted by molar-refractivity contribution is -0.117. The standard InChI is InChI=1S/C6H10N6OS/c1-12-10-6(9-11-12)8-5(13)4-2-14-3-7-4/h4,7H,2-3H2,1H3,(H,8,10,13). The van der Waals surface area contributed by atoms with E-state index in [1.54, 1.807) is 18.8 Å². The van der Waals surface area contributed by atoms with E-state index in [-0.39, 0.29) is 17.9 Å². The number of tetrazole rings is 1. The van der Waals surface area contributed by atoms with Gasteiger partial charge in [0.1, 0.15) is 0 Å². The van der Waals surface area contributed by atoms with Crippen molar-refractivity contribution < 1.29 is 4.79 Å². The third kappa shape index (κ3) is 2.02. The molecular weight excluding hydrogens is 204 g/mol. The van der Waals surface area contributed by atoms with Crippen molar-refractivity contribution >= 4 is 23.6 Å². The SMILES string of the molecule is Cn1nnc(NC(=O)C2CSCN2)n1. The van der Waals surface area contributed by atoms with Crippen molar-refractivity contribution in [2.75, 3.05) is 16.9 Å². The van der Waals surface area contributed by atoms with E-state index in [1.807, 2.05) is 0 Å². The van der Waals surface area contributed by atoms with Crippen LogP contribution in [0.5, 0.6) is 0 Å². The van der Waals surface area contributed by atoms with E-state index in [4.69, 9.17) is 0 Å². The zero-order valence-corrected chi connectivity index (χ0v) is 8.41. The molecular formula is C6H10N6OS. The summed E-state index contributed by atoms with van der Waals surface area (Å²) in [5.41, 5.74) is 0. The summed E-state index contributed by atoms with van der Waals surface area (Å²) >= 11 is 1.69. The number of carbonyl (C=O) groups is 1.